The van der Waals surface area contributed by atoms with Crippen molar-refractivity contribution < 1.29 is 22.6 Å². The summed E-state index contributed by atoms with van der Waals surface area (Å²) in [5.74, 6) is 0. The van der Waals surface area contributed by atoms with Gasteiger partial charge >= 0.3 is 46.0 Å². The SMILES string of the molecule is O=S(=O)(O)O.Oc1nc(Cl)nc(Cl)n1.[NaH]. The van der Waals surface area contributed by atoms with Crippen LogP contribution in [0.25, 0.3) is 0 Å². The minimum atomic E-state index is -4.67. The summed E-state index contributed by atoms with van der Waals surface area (Å²) >= 11 is 10.5. The Morgan fingerprint density at radius 1 is 1.00 bits per heavy atom. The van der Waals surface area contributed by atoms with Gasteiger partial charge in [-0.15, -0.1) is 0 Å². The van der Waals surface area contributed by atoms with Crippen LogP contribution in [0.1, 0.15) is 0 Å². The van der Waals surface area contributed by atoms with Crippen molar-refractivity contribution in [2.45, 2.75) is 0 Å². The van der Waals surface area contributed by atoms with Gasteiger partial charge in [0, 0.05) is 0 Å². The van der Waals surface area contributed by atoms with Gasteiger partial charge in [0.1, 0.15) is 0 Å². The van der Waals surface area contributed by atoms with Crippen molar-refractivity contribution >= 4 is 63.2 Å². The number of halogens is 2. The minimum absolute atomic E-state index is 0. The Bertz CT molecular complexity index is 356. The summed E-state index contributed by atoms with van der Waals surface area (Å²) in [6, 6.07) is -0.472. The predicted molar refractivity (Wildman–Crippen MR) is 52.8 cm³/mol. The van der Waals surface area contributed by atoms with Crippen LogP contribution in [0.4, 0.5) is 0 Å². The van der Waals surface area contributed by atoms with E-state index in [-0.39, 0.29) is 40.1 Å². The van der Waals surface area contributed by atoms with Crippen LogP contribution in [0.5, 0.6) is 6.01 Å². The molecule has 0 unspecified atom stereocenters. The summed E-state index contributed by atoms with van der Waals surface area (Å²) < 4.78 is 31.6. The van der Waals surface area contributed by atoms with E-state index in [1.807, 2.05) is 0 Å². The molecule has 0 spiro atoms. The third kappa shape index (κ3) is 14.3. The molecule has 1 rings (SSSR count). The molecule has 0 bridgehead atoms. The second-order valence-electron chi connectivity index (χ2n) is 1.62. The van der Waals surface area contributed by atoms with E-state index in [0.717, 1.165) is 0 Å². The Morgan fingerprint density at radius 2 is 1.27 bits per heavy atom. The Kier molecular flexibility index (Phi) is 8.85. The first-order valence-electron chi connectivity index (χ1n) is 2.64. The molecule has 0 fully saturated rings. The van der Waals surface area contributed by atoms with Crippen LogP contribution in [0.3, 0.4) is 0 Å². The summed E-state index contributed by atoms with van der Waals surface area (Å²) in [5, 5.41) is 8.33. The molecule has 0 radical (unpaired) electrons. The first kappa shape index (κ1) is 17.6. The van der Waals surface area contributed by atoms with Gasteiger partial charge < -0.3 is 5.11 Å². The van der Waals surface area contributed by atoms with Gasteiger partial charge in [0.05, 0.1) is 0 Å². The Morgan fingerprint density at radius 3 is 1.47 bits per heavy atom. The maximum absolute atomic E-state index is 8.74. The monoisotopic (exact) mass is 287 g/mol. The van der Waals surface area contributed by atoms with Crippen LogP contribution in [0.2, 0.25) is 10.6 Å². The van der Waals surface area contributed by atoms with Gasteiger partial charge in [-0.3, -0.25) is 9.11 Å². The van der Waals surface area contributed by atoms with E-state index in [4.69, 9.17) is 45.8 Å². The Labute approximate surface area is 117 Å². The second-order valence-corrected chi connectivity index (χ2v) is 3.19. The molecule has 12 heteroatoms. The molecule has 8 nitrogen and oxygen atoms in total. The van der Waals surface area contributed by atoms with Crippen molar-refractivity contribution in [1.82, 2.24) is 15.0 Å². The zero-order valence-electron chi connectivity index (χ0n) is 6.16. The molecule has 0 atom stereocenters. The second kappa shape index (κ2) is 7.52. The topological polar surface area (TPSA) is 134 Å². The molecule has 0 aliphatic rings. The summed E-state index contributed by atoms with van der Waals surface area (Å²) in [5.41, 5.74) is 0. The van der Waals surface area contributed by atoms with Crippen molar-refractivity contribution in [1.29, 1.82) is 0 Å². The Balaban J connectivity index is 0. The standard InChI is InChI=1S/C3HCl2N3O.Na.H2O4S.H/c4-1-6-2(5)8-3(9)7-1;;1-5(2,3)4;/h(H,6,7,8,9);;(H2,1,2,3,4);. The Hall–Kier alpha value is 0.260. The average molecular weight is 288 g/mol. The van der Waals surface area contributed by atoms with Crippen molar-refractivity contribution in [3.8, 4) is 6.01 Å². The van der Waals surface area contributed by atoms with E-state index in [9.17, 15) is 0 Å². The van der Waals surface area contributed by atoms with E-state index in [2.05, 4.69) is 15.0 Å². The van der Waals surface area contributed by atoms with E-state index in [0.29, 0.717) is 0 Å². The molecule has 0 saturated heterocycles. The molecule has 0 aliphatic heterocycles. The van der Waals surface area contributed by atoms with E-state index in [1.54, 1.807) is 0 Å². The molecule has 0 aromatic carbocycles. The van der Waals surface area contributed by atoms with Crippen molar-refractivity contribution in [3.05, 3.63) is 10.6 Å². The number of aromatic nitrogens is 3. The van der Waals surface area contributed by atoms with Crippen LogP contribution >= 0.6 is 23.2 Å². The number of hydrogen-bond acceptors (Lipinski definition) is 6. The molecule has 3 N–H and O–H groups in total. The van der Waals surface area contributed by atoms with Crippen LogP contribution in [-0.4, -0.2) is 67.1 Å². The van der Waals surface area contributed by atoms with Gasteiger partial charge in [0.2, 0.25) is 10.6 Å². The van der Waals surface area contributed by atoms with Gasteiger partial charge in [-0.05, 0) is 23.2 Å². The van der Waals surface area contributed by atoms with E-state index >= 15 is 0 Å². The van der Waals surface area contributed by atoms with E-state index < -0.39 is 16.4 Å². The van der Waals surface area contributed by atoms with Gasteiger partial charge in [0.15, 0.2) is 0 Å². The fourth-order valence-corrected chi connectivity index (χ4v) is 0.671. The first-order chi connectivity index (χ1) is 6.18. The molecule has 15 heavy (non-hydrogen) atoms. The van der Waals surface area contributed by atoms with Crippen LogP contribution in [0, 0.1) is 0 Å². The van der Waals surface area contributed by atoms with Crippen molar-refractivity contribution in [2.24, 2.45) is 0 Å². The van der Waals surface area contributed by atoms with Gasteiger partial charge in [-0.2, -0.15) is 23.4 Å². The molecule has 82 valence electrons. The summed E-state index contributed by atoms with van der Waals surface area (Å²) in [6.07, 6.45) is 0. The average Bonchev–Trinajstić information content (AvgIpc) is 1.77. The number of nitrogens with zero attached hydrogens (tertiary/aromatic N) is 3. The first-order valence-corrected chi connectivity index (χ1v) is 4.79. The molecule has 1 aromatic rings. The van der Waals surface area contributed by atoms with Crippen LogP contribution < -0.4 is 0 Å². The zero-order valence-corrected chi connectivity index (χ0v) is 8.49. The zero-order chi connectivity index (χ0) is 11.4. The molecule has 0 amide bonds. The normalized spacial score (nSPS) is 9.60. The van der Waals surface area contributed by atoms with Crippen LogP contribution in [-0.2, 0) is 10.4 Å². The van der Waals surface area contributed by atoms with Crippen LogP contribution in [0.15, 0.2) is 0 Å². The van der Waals surface area contributed by atoms with Gasteiger partial charge in [-0.25, -0.2) is 0 Å². The van der Waals surface area contributed by atoms with Gasteiger partial charge in [-0.1, -0.05) is 0 Å². The predicted octanol–water partition coefficient (Wildman–Crippen LogP) is -0.417. The quantitative estimate of drug-likeness (QED) is 0.433. The molecule has 0 aliphatic carbocycles. The number of rotatable bonds is 0. The van der Waals surface area contributed by atoms with Gasteiger partial charge in [0.25, 0.3) is 0 Å². The fourth-order valence-electron chi connectivity index (χ4n) is 0.316. The summed E-state index contributed by atoms with van der Waals surface area (Å²) in [6.45, 7) is 0. The van der Waals surface area contributed by atoms with E-state index in [1.165, 1.54) is 0 Å². The maximum atomic E-state index is 8.74. The third-order valence-electron chi connectivity index (χ3n) is 0.569. The van der Waals surface area contributed by atoms with Crippen molar-refractivity contribution in [2.75, 3.05) is 0 Å². The van der Waals surface area contributed by atoms with Crippen molar-refractivity contribution in [3.63, 3.8) is 0 Å². The summed E-state index contributed by atoms with van der Waals surface area (Å²) in [7, 11) is -4.67. The molecular weight excluding hydrogens is 284 g/mol. The number of aromatic hydroxyl groups is 1. The molecule has 0 saturated carbocycles. The molecular formula is C3H4Cl2N3NaO5S. The number of hydrogen-bond donors (Lipinski definition) is 3. The summed E-state index contributed by atoms with van der Waals surface area (Å²) in [4.78, 5) is 9.88. The third-order valence-corrected chi connectivity index (χ3v) is 0.907. The fraction of sp³-hybridized carbons (Fsp3) is 0. The molecule has 1 heterocycles. The molecule has 1 aromatic heterocycles.